The molecule has 3 unspecified atom stereocenters. The molecule has 1 rings (SSSR count). The Morgan fingerprint density at radius 3 is 2.93 bits per heavy atom. The molecule has 1 N–H and O–H groups in total. The van der Waals surface area contributed by atoms with Gasteiger partial charge in [0.25, 0.3) is 0 Å². The van der Waals surface area contributed by atoms with Crippen LogP contribution < -0.4 is 5.32 Å². The van der Waals surface area contributed by atoms with E-state index in [4.69, 9.17) is 4.74 Å². The van der Waals surface area contributed by atoms with Gasteiger partial charge in [-0.2, -0.15) is 11.8 Å². The highest BCUT2D eigenvalue weighted by Crippen LogP contribution is 2.26. The number of hydrogen-bond acceptors (Lipinski definition) is 3. The Hall–Kier alpha value is 0.270. The number of hydrogen-bond donors (Lipinski definition) is 1. The first-order valence-corrected chi connectivity index (χ1v) is 6.75. The largest absolute Gasteiger partial charge is 0.377 e. The molecule has 0 spiro atoms. The minimum Gasteiger partial charge on any atom is -0.377 e. The van der Waals surface area contributed by atoms with Gasteiger partial charge in [-0.25, -0.2) is 0 Å². The zero-order valence-electron chi connectivity index (χ0n) is 9.58. The average Bonchev–Trinajstić information content (AvgIpc) is 2.58. The van der Waals surface area contributed by atoms with Gasteiger partial charge >= 0.3 is 0 Å². The SMILES string of the molecule is CCCNC(C)CSC1CCOC1C. The van der Waals surface area contributed by atoms with E-state index in [1.54, 1.807) is 0 Å². The summed E-state index contributed by atoms with van der Waals surface area (Å²) in [5.74, 6) is 1.21. The van der Waals surface area contributed by atoms with Crippen LogP contribution in [0.2, 0.25) is 0 Å². The molecule has 2 nitrogen and oxygen atoms in total. The van der Waals surface area contributed by atoms with Gasteiger partial charge in [-0.3, -0.25) is 0 Å². The lowest BCUT2D eigenvalue weighted by molar-refractivity contribution is 0.127. The summed E-state index contributed by atoms with van der Waals surface area (Å²) in [7, 11) is 0. The summed E-state index contributed by atoms with van der Waals surface area (Å²) in [5, 5.41) is 4.23. The Morgan fingerprint density at radius 2 is 2.36 bits per heavy atom. The van der Waals surface area contributed by atoms with Gasteiger partial charge in [-0.05, 0) is 33.2 Å². The molecule has 0 aromatic carbocycles. The summed E-state index contributed by atoms with van der Waals surface area (Å²) in [6.45, 7) is 8.76. The summed E-state index contributed by atoms with van der Waals surface area (Å²) >= 11 is 2.06. The van der Waals surface area contributed by atoms with Crippen LogP contribution in [-0.4, -0.2) is 36.3 Å². The monoisotopic (exact) mass is 217 g/mol. The van der Waals surface area contributed by atoms with E-state index < -0.39 is 0 Å². The molecule has 0 aromatic heterocycles. The highest BCUT2D eigenvalue weighted by Gasteiger charge is 2.24. The molecule has 1 fully saturated rings. The lowest BCUT2D eigenvalue weighted by atomic mass is 10.3. The maximum atomic E-state index is 5.54. The number of thioether (sulfide) groups is 1. The van der Waals surface area contributed by atoms with Crippen LogP contribution in [0.1, 0.15) is 33.6 Å². The molecule has 0 bridgehead atoms. The van der Waals surface area contributed by atoms with Crippen LogP contribution in [0.3, 0.4) is 0 Å². The van der Waals surface area contributed by atoms with Crippen molar-refractivity contribution < 1.29 is 4.74 Å². The van der Waals surface area contributed by atoms with Crippen LogP contribution in [0.4, 0.5) is 0 Å². The highest BCUT2D eigenvalue weighted by atomic mass is 32.2. The Balaban J connectivity index is 2.07. The number of rotatable bonds is 6. The molecule has 84 valence electrons. The molecule has 1 saturated heterocycles. The topological polar surface area (TPSA) is 21.3 Å². The lowest BCUT2D eigenvalue weighted by Gasteiger charge is -2.17. The van der Waals surface area contributed by atoms with E-state index >= 15 is 0 Å². The second-order valence-corrected chi connectivity index (χ2v) is 5.36. The highest BCUT2D eigenvalue weighted by molar-refractivity contribution is 8.00. The Labute approximate surface area is 92.2 Å². The molecule has 0 aromatic rings. The van der Waals surface area contributed by atoms with Crippen molar-refractivity contribution in [3.8, 4) is 0 Å². The smallest absolute Gasteiger partial charge is 0.0666 e. The molecule has 1 heterocycles. The Bertz CT molecular complexity index is 154. The molecule has 1 aliphatic rings. The first kappa shape index (κ1) is 12.3. The molecular formula is C11H23NOS. The van der Waals surface area contributed by atoms with E-state index in [1.165, 1.54) is 18.6 Å². The third kappa shape index (κ3) is 4.20. The van der Waals surface area contributed by atoms with Gasteiger partial charge in [-0.15, -0.1) is 0 Å². The van der Waals surface area contributed by atoms with E-state index in [0.717, 1.165) is 18.4 Å². The fourth-order valence-corrected chi connectivity index (χ4v) is 2.91. The molecule has 0 radical (unpaired) electrons. The third-order valence-corrected chi connectivity index (χ3v) is 4.35. The van der Waals surface area contributed by atoms with Crippen molar-refractivity contribution in [1.29, 1.82) is 0 Å². The van der Waals surface area contributed by atoms with Crippen LogP contribution in [0.15, 0.2) is 0 Å². The summed E-state index contributed by atoms with van der Waals surface area (Å²) in [5.41, 5.74) is 0. The molecule has 14 heavy (non-hydrogen) atoms. The summed E-state index contributed by atoms with van der Waals surface area (Å²) < 4.78 is 5.54. The second-order valence-electron chi connectivity index (χ2n) is 4.09. The molecular weight excluding hydrogens is 194 g/mol. The van der Waals surface area contributed by atoms with E-state index in [9.17, 15) is 0 Å². The normalized spacial score (nSPS) is 29.4. The third-order valence-electron chi connectivity index (χ3n) is 2.61. The predicted molar refractivity (Wildman–Crippen MR) is 64.0 cm³/mol. The summed E-state index contributed by atoms with van der Waals surface area (Å²) in [6.07, 6.45) is 2.91. The summed E-state index contributed by atoms with van der Waals surface area (Å²) in [4.78, 5) is 0. The number of ether oxygens (including phenoxy) is 1. The average molecular weight is 217 g/mol. The van der Waals surface area contributed by atoms with Crippen molar-refractivity contribution in [3.05, 3.63) is 0 Å². The maximum Gasteiger partial charge on any atom is 0.0666 e. The van der Waals surface area contributed by atoms with Crippen LogP contribution >= 0.6 is 11.8 Å². The van der Waals surface area contributed by atoms with Gasteiger partial charge in [0.15, 0.2) is 0 Å². The quantitative estimate of drug-likeness (QED) is 0.737. The fraction of sp³-hybridized carbons (Fsp3) is 1.00. The van der Waals surface area contributed by atoms with Gasteiger partial charge in [-0.1, -0.05) is 6.92 Å². The van der Waals surface area contributed by atoms with Crippen molar-refractivity contribution >= 4 is 11.8 Å². The summed E-state index contributed by atoms with van der Waals surface area (Å²) in [6, 6.07) is 0.632. The van der Waals surface area contributed by atoms with Gasteiger partial charge in [0, 0.05) is 23.7 Å². The molecule has 1 aliphatic heterocycles. The Kier molecular flexibility index (Phi) is 5.90. The zero-order valence-corrected chi connectivity index (χ0v) is 10.4. The molecule has 0 amide bonds. The van der Waals surface area contributed by atoms with E-state index in [-0.39, 0.29) is 0 Å². The fourth-order valence-electron chi connectivity index (χ4n) is 1.65. The van der Waals surface area contributed by atoms with Crippen molar-refractivity contribution in [2.45, 2.75) is 51.0 Å². The van der Waals surface area contributed by atoms with E-state index in [1.807, 2.05) is 0 Å². The lowest BCUT2D eigenvalue weighted by Crippen LogP contribution is -2.30. The second kappa shape index (κ2) is 6.70. The zero-order chi connectivity index (χ0) is 10.4. The van der Waals surface area contributed by atoms with Gasteiger partial charge in [0.1, 0.15) is 0 Å². The predicted octanol–water partition coefficient (Wildman–Crippen LogP) is 2.29. The van der Waals surface area contributed by atoms with E-state index in [0.29, 0.717) is 12.1 Å². The minimum absolute atomic E-state index is 0.457. The molecule has 0 saturated carbocycles. The minimum atomic E-state index is 0.457. The van der Waals surface area contributed by atoms with Crippen molar-refractivity contribution in [3.63, 3.8) is 0 Å². The van der Waals surface area contributed by atoms with Gasteiger partial charge in [0.05, 0.1) is 6.10 Å². The van der Waals surface area contributed by atoms with Gasteiger partial charge < -0.3 is 10.1 Å². The van der Waals surface area contributed by atoms with Crippen molar-refractivity contribution in [2.24, 2.45) is 0 Å². The number of nitrogens with one attached hydrogen (secondary N) is 1. The maximum absolute atomic E-state index is 5.54. The molecule has 3 atom stereocenters. The Morgan fingerprint density at radius 1 is 1.57 bits per heavy atom. The standard InChI is InChI=1S/C11H23NOS/c1-4-6-12-9(2)8-14-11-5-7-13-10(11)3/h9-12H,4-8H2,1-3H3. The van der Waals surface area contributed by atoms with Crippen molar-refractivity contribution in [2.75, 3.05) is 18.9 Å². The van der Waals surface area contributed by atoms with E-state index in [2.05, 4.69) is 37.8 Å². The van der Waals surface area contributed by atoms with Gasteiger partial charge in [0.2, 0.25) is 0 Å². The van der Waals surface area contributed by atoms with Crippen LogP contribution in [0.5, 0.6) is 0 Å². The molecule has 0 aliphatic carbocycles. The first-order valence-electron chi connectivity index (χ1n) is 5.70. The van der Waals surface area contributed by atoms with Crippen LogP contribution in [-0.2, 0) is 4.74 Å². The first-order chi connectivity index (χ1) is 6.74. The van der Waals surface area contributed by atoms with Crippen LogP contribution in [0, 0.1) is 0 Å². The molecule has 3 heteroatoms. The van der Waals surface area contributed by atoms with Crippen LogP contribution in [0.25, 0.3) is 0 Å². The van der Waals surface area contributed by atoms with Crippen molar-refractivity contribution in [1.82, 2.24) is 5.32 Å².